The number of carbonyl (C=O) groups is 1. The van der Waals surface area contributed by atoms with Crippen LogP contribution in [0.3, 0.4) is 0 Å². The van der Waals surface area contributed by atoms with Gasteiger partial charge >= 0.3 is 0 Å². The molecule has 1 amide bonds. The number of aryl methyl sites for hydroxylation is 2. The SMILES string of the molecule is Cc1cc(C)cc(OCCN(C)C(=O)c2cccc(S(=O)(=O)N[C@H]3CCS(=O)(=O)C3)c2)c1. The Balaban J connectivity index is 1.62. The standard InChI is InChI=1S/C22H28N2O6S2/c1-16-11-17(2)13-20(12-16)30-9-8-24(3)22(25)18-5-4-6-21(14-18)32(28,29)23-19-7-10-31(26,27)15-19/h4-6,11-14,19,23H,7-10,15H2,1-3H3/t19-/m0/s1. The first kappa shape index (κ1) is 24.2. The van der Waals surface area contributed by atoms with Crippen LogP contribution < -0.4 is 9.46 Å². The van der Waals surface area contributed by atoms with Crippen molar-refractivity contribution in [3.63, 3.8) is 0 Å². The lowest BCUT2D eigenvalue weighted by molar-refractivity contribution is 0.0773. The smallest absolute Gasteiger partial charge is 0.253 e. The zero-order chi connectivity index (χ0) is 23.5. The first-order valence-corrected chi connectivity index (χ1v) is 13.5. The molecule has 10 heteroatoms. The molecule has 1 aliphatic heterocycles. The quantitative estimate of drug-likeness (QED) is 0.618. The van der Waals surface area contributed by atoms with Gasteiger partial charge in [0.05, 0.1) is 22.9 Å². The maximum atomic E-state index is 12.8. The second kappa shape index (κ2) is 9.60. The highest BCUT2D eigenvalue weighted by Gasteiger charge is 2.31. The summed E-state index contributed by atoms with van der Waals surface area (Å²) in [5.41, 5.74) is 2.40. The molecule has 1 heterocycles. The van der Waals surface area contributed by atoms with E-state index in [1.165, 1.54) is 23.1 Å². The molecule has 32 heavy (non-hydrogen) atoms. The van der Waals surface area contributed by atoms with Gasteiger partial charge in [0.15, 0.2) is 9.84 Å². The fourth-order valence-corrected chi connectivity index (χ4v) is 6.71. The van der Waals surface area contributed by atoms with Gasteiger partial charge in [0.1, 0.15) is 12.4 Å². The van der Waals surface area contributed by atoms with Gasteiger partial charge in [-0.25, -0.2) is 21.6 Å². The number of benzene rings is 2. The lowest BCUT2D eigenvalue weighted by Gasteiger charge is -2.18. The van der Waals surface area contributed by atoms with Crippen molar-refractivity contribution in [1.82, 2.24) is 9.62 Å². The number of nitrogens with zero attached hydrogens (tertiary/aromatic N) is 1. The van der Waals surface area contributed by atoms with E-state index in [2.05, 4.69) is 4.72 Å². The van der Waals surface area contributed by atoms with E-state index < -0.39 is 25.9 Å². The third-order valence-electron chi connectivity index (χ3n) is 5.18. The van der Waals surface area contributed by atoms with Crippen LogP contribution in [-0.4, -0.2) is 65.4 Å². The zero-order valence-electron chi connectivity index (χ0n) is 18.4. The molecule has 0 radical (unpaired) electrons. The number of sulfonamides is 1. The molecule has 174 valence electrons. The fourth-order valence-electron chi connectivity index (χ4n) is 3.61. The summed E-state index contributed by atoms with van der Waals surface area (Å²) in [5, 5.41) is 0. The van der Waals surface area contributed by atoms with Crippen LogP contribution in [0, 0.1) is 13.8 Å². The summed E-state index contributed by atoms with van der Waals surface area (Å²) in [5.74, 6) is 0.146. The number of hydrogen-bond donors (Lipinski definition) is 1. The minimum Gasteiger partial charge on any atom is -0.492 e. The Bertz CT molecular complexity index is 1190. The topological polar surface area (TPSA) is 110 Å². The van der Waals surface area contributed by atoms with Crippen LogP contribution in [0.5, 0.6) is 5.75 Å². The Hall–Kier alpha value is -2.43. The Labute approximate surface area is 189 Å². The van der Waals surface area contributed by atoms with E-state index in [4.69, 9.17) is 4.74 Å². The molecule has 1 saturated heterocycles. The summed E-state index contributed by atoms with van der Waals surface area (Å²) in [6.07, 6.45) is 0.239. The molecule has 8 nitrogen and oxygen atoms in total. The average molecular weight is 481 g/mol. The van der Waals surface area contributed by atoms with Crippen LogP contribution in [-0.2, 0) is 19.9 Å². The summed E-state index contributed by atoms with van der Waals surface area (Å²) in [4.78, 5) is 14.2. The van der Waals surface area contributed by atoms with Gasteiger partial charge in [-0.3, -0.25) is 4.79 Å². The van der Waals surface area contributed by atoms with Gasteiger partial charge in [0.25, 0.3) is 5.91 Å². The van der Waals surface area contributed by atoms with Gasteiger partial charge in [0, 0.05) is 18.7 Å². The third-order valence-corrected chi connectivity index (χ3v) is 8.47. The predicted octanol–water partition coefficient (Wildman–Crippen LogP) is 1.92. The van der Waals surface area contributed by atoms with Crippen molar-refractivity contribution in [2.75, 3.05) is 31.7 Å². The Morgan fingerprint density at radius 1 is 1.16 bits per heavy atom. The number of amides is 1. The first-order valence-electron chi connectivity index (χ1n) is 10.2. The summed E-state index contributed by atoms with van der Waals surface area (Å²) in [7, 11) is -5.54. The van der Waals surface area contributed by atoms with Gasteiger partial charge in [-0.05, 0) is 61.7 Å². The largest absolute Gasteiger partial charge is 0.492 e. The lowest BCUT2D eigenvalue weighted by atomic mass is 10.1. The number of nitrogens with one attached hydrogen (secondary N) is 1. The van der Waals surface area contributed by atoms with E-state index in [1.54, 1.807) is 13.1 Å². The number of likely N-dealkylation sites (N-methyl/N-ethyl adjacent to an activating group) is 1. The number of sulfone groups is 1. The fraction of sp³-hybridized carbons (Fsp3) is 0.409. The third kappa shape index (κ3) is 6.30. The number of carbonyl (C=O) groups excluding carboxylic acids is 1. The zero-order valence-corrected chi connectivity index (χ0v) is 20.0. The summed E-state index contributed by atoms with van der Waals surface area (Å²) in [6.45, 7) is 4.58. The first-order chi connectivity index (χ1) is 14.9. The molecule has 0 aromatic heterocycles. The highest BCUT2D eigenvalue weighted by Crippen LogP contribution is 2.18. The van der Waals surface area contributed by atoms with E-state index in [0.717, 1.165) is 16.9 Å². The molecule has 0 spiro atoms. The monoisotopic (exact) mass is 480 g/mol. The van der Waals surface area contributed by atoms with Crippen LogP contribution in [0.15, 0.2) is 47.4 Å². The molecule has 1 aliphatic rings. The normalized spacial score (nSPS) is 17.8. The van der Waals surface area contributed by atoms with Crippen molar-refractivity contribution < 1.29 is 26.4 Å². The molecule has 2 aromatic carbocycles. The molecule has 0 unspecified atom stereocenters. The molecule has 1 fully saturated rings. The average Bonchev–Trinajstić information content (AvgIpc) is 3.04. The van der Waals surface area contributed by atoms with Gasteiger partial charge in [0.2, 0.25) is 10.0 Å². The summed E-state index contributed by atoms with van der Waals surface area (Å²) >= 11 is 0. The number of rotatable bonds is 8. The van der Waals surface area contributed by atoms with Crippen LogP contribution in [0.1, 0.15) is 27.9 Å². The molecule has 1 N–H and O–H groups in total. The van der Waals surface area contributed by atoms with Crippen molar-refractivity contribution in [3.05, 3.63) is 59.2 Å². The highest BCUT2D eigenvalue weighted by molar-refractivity contribution is 7.92. The van der Waals surface area contributed by atoms with Crippen molar-refractivity contribution in [2.45, 2.75) is 31.2 Å². The molecule has 1 atom stereocenters. The van der Waals surface area contributed by atoms with Gasteiger partial charge in [-0.2, -0.15) is 0 Å². The Kier molecular flexibility index (Phi) is 7.26. The predicted molar refractivity (Wildman–Crippen MR) is 122 cm³/mol. The van der Waals surface area contributed by atoms with Gasteiger partial charge < -0.3 is 9.64 Å². The molecule has 2 aromatic rings. The second-order valence-corrected chi connectivity index (χ2v) is 12.1. The van der Waals surface area contributed by atoms with E-state index in [-0.39, 0.29) is 34.3 Å². The van der Waals surface area contributed by atoms with Crippen molar-refractivity contribution in [3.8, 4) is 5.75 Å². The van der Waals surface area contributed by atoms with Crippen molar-refractivity contribution >= 4 is 25.8 Å². The maximum absolute atomic E-state index is 12.8. The van der Waals surface area contributed by atoms with E-state index in [9.17, 15) is 21.6 Å². The lowest BCUT2D eigenvalue weighted by Crippen LogP contribution is -2.36. The minimum absolute atomic E-state index is 0.0340. The van der Waals surface area contributed by atoms with E-state index >= 15 is 0 Å². The number of hydrogen-bond acceptors (Lipinski definition) is 6. The van der Waals surface area contributed by atoms with Gasteiger partial charge in [-0.1, -0.05) is 12.1 Å². The molecule has 3 rings (SSSR count). The molecule has 0 aliphatic carbocycles. The second-order valence-electron chi connectivity index (χ2n) is 8.15. The van der Waals surface area contributed by atoms with E-state index in [0.29, 0.717) is 13.2 Å². The highest BCUT2D eigenvalue weighted by atomic mass is 32.2. The summed E-state index contributed by atoms with van der Waals surface area (Å²) in [6, 6.07) is 11.0. The summed E-state index contributed by atoms with van der Waals surface area (Å²) < 4.78 is 56.7. The Morgan fingerprint density at radius 2 is 1.84 bits per heavy atom. The molecular formula is C22H28N2O6S2. The van der Waals surface area contributed by atoms with E-state index in [1.807, 2.05) is 32.0 Å². The van der Waals surface area contributed by atoms with Crippen LogP contribution >= 0.6 is 0 Å². The minimum atomic E-state index is -3.95. The van der Waals surface area contributed by atoms with Gasteiger partial charge in [-0.15, -0.1) is 0 Å². The van der Waals surface area contributed by atoms with Crippen LogP contribution in [0.4, 0.5) is 0 Å². The number of ether oxygens (including phenoxy) is 1. The van der Waals surface area contributed by atoms with Crippen molar-refractivity contribution in [2.24, 2.45) is 0 Å². The van der Waals surface area contributed by atoms with Crippen LogP contribution in [0.2, 0.25) is 0 Å². The Morgan fingerprint density at radius 3 is 2.47 bits per heavy atom. The van der Waals surface area contributed by atoms with Crippen LogP contribution in [0.25, 0.3) is 0 Å². The maximum Gasteiger partial charge on any atom is 0.253 e. The van der Waals surface area contributed by atoms with Crippen molar-refractivity contribution in [1.29, 1.82) is 0 Å². The molecule has 0 saturated carbocycles. The molecule has 0 bridgehead atoms. The molecular weight excluding hydrogens is 452 g/mol.